The maximum absolute atomic E-state index is 13.3. The Morgan fingerprint density at radius 1 is 1.08 bits per heavy atom. The molecule has 0 aromatic heterocycles. The van der Waals surface area contributed by atoms with Crippen LogP contribution in [-0.2, 0) is 21.4 Å². The van der Waals surface area contributed by atoms with Crippen LogP contribution < -0.4 is 5.32 Å². The number of carbonyl (C=O) groups is 1. The smallest absolute Gasteiger partial charge is 0.224 e. The van der Waals surface area contributed by atoms with E-state index in [4.69, 9.17) is 4.74 Å². The largest absolute Gasteiger partial charge is 0.381 e. The molecule has 1 fully saturated rings. The van der Waals surface area contributed by atoms with Gasteiger partial charge in [-0.05, 0) is 42.5 Å². The van der Waals surface area contributed by atoms with Crippen molar-refractivity contribution in [2.45, 2.75) is 31.1 Å². The van der Waals surface area contributed by atoms with Gasteiger partial charge in [0.2, 0.25) is 5.91 Å². The number of hydrogen-bond acceptors (Lipinski definition) is 2. The SMILES string of the molecule is O=C(Cc1cccc(F)c1)NC[C@]1(c2ccccc2)CCCOCC1. The van der Waals surface area contributed by atoms with Gasteiger partial charge in [0, 0.05) is 25.2 Å². The van der Waals surface area contributed by atoms with Crippen LogP contribution in [0.15, 0.2) is 54.6 Å². The van der Waals surface area contributed by atoms with Crippen molar-refractivity contribution in [2.24, 2.45) is 0 Å². The fraction of sp³-hybridized carbons (Fsp3) is 0.381. The number of halogens is 1. The van der Waals surface area contributed by atoms with Crippen molar-refractivity contribution in [3.05, 3.63) is 71.5 Å². The number of carbonyl (C=O) groups excluding carboxylic acids is 1. The fourth-order valence-corrected chi connectivity index (χ4v) is 3.53. The summed E-state index contributed by atoms with van der Waals surface area (Å²) in [4.78, 5) is 12.4. The summed E-state index contributed by atoms with van der Waals surface area (Å²) in [6.07, 6.45) is 3.04. The van der Waals surface area contributed by atoms with Gasteiger partial charge in [-0.25, -0.2) is 4.39 Å². The summed E-state index contributed by atoms with van der Waals surface area (Å²) in [5.74, 6) is -0.391. The molecule has 0 spiro atoms. The molecule has 1 N–H and O–H groups in total. The average molecular weight is 341 g/mol. The number of benzene rings is 2. The van der Waals surface area contributed by atoms with E-state index in [1.807, 2.05) is 18.2 Å². The van der Waals surface area contributed by atoms with E-state index < -0.39 is 0 Å². The number of ether oxygens (including phenoxy) is 1. The van der Waals surface area contributed by atoms with Gasteiger partial charge in [0.25, 0.3) is 0 Å². The molecule has 2 aromatic rings. The molecule has 1 saturated heterocycles. The van der Waals surface area contributed by atoms with Gasteiger partial charge in [0.15, 0.2) is 0 Å². The molecule has 3 nitrogen and oxygen atoms in total. The second-order valence-electron chi connectivity index (χ2n) is 6.70. The predicted octanol–water partition coefficient (Wildman–Crippen LogP) is 3.62. The lowest BCUT2D eigenvalue weighted by Crippen LogP contribution is -2.41. The van der Waals surface area contributed by atoms with Gasteiger partial charge in [-0.1, -0.05) is 42.5 Å². The van der Waals surface area contributed by atoms with Crippen LogP contribution in [0.5, 0.6) is 0 Å². The zero-order valence-corrected chi connectivity index (χ0v) is 14.3. The Hall–Kier alpha value is -2.20. The Morgan fingerprint density at radius 3 is 2.72 bits per heavy atom. The molecule has 25 heavy (non-hydrogen) atoms. The van der Waals surface area contributed by atoms with Crippen molar-refractivity contribution in [1.82, 2.24) is 5.32 Å². The standard InChI is InChI=1S/C21H24FNO2/c22-19-9-4-6-17(14-19)15-20(24)23-16-21(10-5-12-25-13-11-21)18-7-2-1-3-8-18/h1-4,6-9,14H,5,10-13,15-16H2,(H,23,24)/t21-/m0/s1. The molecule has 0 radical (unpaired) electrons. The molecule has 0 saturated carbocycles. The second kappa shape index (κ2) is 8.26. The molecule has 1 amide bonds. The van der Waals surface area contributed by atoms with Crippen LogP contribution in [0.25, 0.3) is 0 Å². The Morgan fingerprint density at radius 2 is 1.92 bits per heavy atom. The molecule has 2 aromatic carbocycles. The molecular weight excluding hydrogens is 317 g/mol. The van der Waals surface area contributed by atoms with Crippen molar-refractivity contribution < 1.29 is 13.9 Å². The molecule has 0 unspecified atom stereocenters. The summed E-state index contributed by atoms with van der Waals surface area (Å²) >= 11 is 0. The summed E-state index contributed by atoms with van der Waals surface area (Å²) in [5, 5.41) is 3.07. The molecule has 0 aliphatic carbocycles. The van der Waals surface area contributed by atoms with E-state index in [0.29, 0.717) is 18.7 Å². The minimum atomic E-state index is -0.313. The highest BCUT2D eigenvalue weighted by atomic mass is 19.1. The molecule has 3 rings (SSSR count). The first kappa shape index (κ1) is 17.6. The van der Waals surface area contributed by atoms with E-state index in [-0.39, 0.29) is 23.6 Å². The Bertz CT molecular complexity index is 694. The van der Waals surface area contributed by atoms with E-state index in [9.17, 15) is 9.18 Å². The lowest BCUT2D eigenvalue weighted by Gasteiger charge is -2.33. The van der Waals surface area contributed by atoms with E-state index in [1.54, 1.807) is 12.1 Å². The molecule has 1 aliphatic heterocycles. The maximum Gasteiger partial charge on any atom is 0.224 e. The van der Waals surface area contributed by atoms with Crippen LogP contribution in [0.2, 0.25) is 0 Å². The summed E-state index contributed by atoms with van der Waals surface area (Å²) in [6.45, 7) is 2.05. The summed E-state index contributed by atoms with van der Waals surface area (Å²) in [6, 6.07) is 16.5. The maximum atomic E-state index is 13.3. The lowest BCUT2D eigenvalue weighted by molar-refractivity contribution is -0.120. The van der Waals surface area contributed by atoms with Gasteiger partial charge < -0.3 is 10.1 Å². The van der Waals surface area contributed by atoms with E-state index >= 15 is 0 Å². The molecule has 1 heterocycles. The lowest BCUT2D eigenvalue weighted by atomic mass is 9.74. The molecule has 1 atom stereocenters. The summed E-state index contributed by atoms with van der Waals surface area (Å²) in [5.41, 5.74) is 1.83. The highest BCUT2D eigenvalue weighted by molar-refractivity contribution is 5.78. The number of hydrogen-bond donors (Lipinski definition) is 1. The summed E-state index contributed by atoms with van der Waals surface area (Å²) < 4.78 is 18.9. The molecule has 0 bridgehead atoms. The number of amides is 1. The Labute approximate surface area is 148 Å². The van der Waals surface area contributed by atoms with Gasteiger partial charge in [0.05, 0.1) is 6.42 Å². The van der Waals surface area contributed by atoms with E-state index in [0.717, 1.165) is 25.9 Å². The predicted molar refractivity (Wildman–Crippen MR) is 95.9 cm³/mol. The molecule has 1 aliphatic rings. The zero-order valence-electron chi connectivity index (χ0n) is 14.3. The topological polar surface area (TPSA) is 38.3 Å². The first-order chi connectivity index (χ1) is 12.2. The van der Waals surface area contributed by atoms with Gasteiger partial charge in [0.1, 0.15) is 5.82 Å². The zero-order chi connectivity index (χ0) is 17.5. The van der Waals surface area contributed by atoms with Crippen LogP contribution in [-0.4, -0.2) is 25.7 Å². The minimum absolute atomic E-state index is 0.0777. The summed E-state index contributed by atoms with van der Waals surface area (Å²) in [7, 11) is 0. The van der Waals surface area contributed by atoms with Crippen molar-refractivity contribution in [1.29, 1.82) is 0 Å². The van der Waals surface area contributed by atoms with Crippen LogP contribution >= 0.6 is 0 Å². The van der Waals surface area contributed by atoms with Crippen LogP contribution in [0, 0.1) is 5.82 Å². The quantitative estimate of drug-likeness (QED) is 0.902. The molecule has 4 heteroatoms. The molecule has 132 valence electrons. The second-order valence-corrected chi connectivity index (χ2v) is 6.70. The minimum Gasteiger partial charge on any atom is -0.381 e. The van der Waals surface area contributed by atoms with Crippen molar-refractivity contribution in [3.63, 3.8) is 0 Å². The van der Waals surface area contributed by atoms with Crippen LogP contribution in [0.4, 0.5) is 4.39 Å². The third-order valence-corrected chi connectivity index (χ3v) is 4.93. The third kappa shape index (κ3) is 4.67. The van der Waals surface area contributed by atoms with Crippen molar-refractivity contribution >= 4 is 5.91 Å². The number of nitrogens with one attached hydrogen (secondary N) is 1. The van der Waals surface area contributed by atoms with Crippen LogP contribution in [0.1, 0.15) is 30.4 Å². The highest BCUT2D eigenvalue weighted by Gasteiger charge is 2.33. The Balaban J connectivity index is 1.69. The average Bonchev–Trinajstić information content (AvgIpc) is 2.87. The van der Waals surface area contributed by atoms with Crippen molar-refractivity contribution in [3.8, 4) is 0 Å². The molecular formula is C21H24FNO2. The van der Waals surface area contributed by atoms with Gasteiger partial charge >= 0.3 is 0 Å². The van der Waals surface area contributed by atoms with Gasteiger partial charge in [-0.2, -0.15) is 0 Å². The van der Waals surface area contributed by atoms with Gasteiger partial charge in [-0.15, -0.1) is 0 Å². The Kier molecular flexibility index (Phi) is 5.82. The number of rotatable bonds is 5. The fourth-order valence-electron chi connectivity index (χ4n) is 3.53. The first-order valence-electron chi connectivity index (χ1n) is 8.82. The van der Waals surface area contributed by atoms with E-state index in [2.05, 4.69) is 17.4 Å². The normalized spacial score (nSPS) is 20.7. The highest BCUT2D eigenvalue weighted by Crippen LogP contribution is 2.34. The van der Waals surface area contributed by atoms with Gasteiger partial charge in [-0.3, -0.25) is 4.79 Å². The monoisotopic (exact) mass is 341 g/mol. The first-order valence-corrected chi connectivity index (χ1v) is 8.82. The van der Waals surface area contributed by atoms with Crippen LogP contribution in [0.3, 0.4) is 0 Å². The van der Waals surface area contributed by atoms with E-state index in [1.165, 1.54) is 17.7 Å². The van der Waals surface area contributed by atoms with Crippen molar-refractivity contribution in [2.75, 3.05) is 19.8 Å². The third-order valence-electron chi connectivity index (χ3n) is 4.93.